The van der Waals surface area contributed by atoms with E-state index in [2.05, 4.69) is 52.2 Å². The Morgan fingerprint density at radius 3 is 2.89 bits per heavy atom. The first kappa shape index (κ1) is 19.6. The number of guanidine groups is 1. The Labute approximate surface area is 166 Å². The molecule has 0 amide bonds. The number of nitrogens with zero attached hydrogens (tertiary/aromatic N) is 3. The van der Waals surface area contributed by atoms with Crippen LogP contribution in [0.1, 0.15) is 28.4 Å². The predicted octanol–water partition coefficient (Wildman–Crippen LogP) is 3.54. The second-order valence-corrected chi connectivity index (χ2v) is 7.27. The molecule has 1 aliphatic rings. The van der Waals surface area contributed by atoms with Crippen molar-refractivity contribution in [2.75, 3.05) is 33.3 Å². The predicted molar refractivity (Wildman–Crippen MR) is 110 cm³/mol. The van der Waals surface area contributed by atoms with E-state index in [-0.39, 0.29) is 6.10 Å². The number of benzene rings is 1. The van der Waals surface area contributed by atoms with Crippen molar-refractivity contribution in [2.24, 2.45) is 4.99 Å². The van der Waals surface area contributed by atoms with Crippen molar-refractivity contribution in [3.63, 3.8) is 0 Å². The third-order valence-corrected chi connectivity index (χ3v) is 5.06. The smallest absolute Gasteiger partial charge is 0.193 e. The molecule has 1 aliphatic heterocycles. The number of rotatable bonds is 4. The van der Waals surface area contributed by atoms with E-state index in [4.69, 9.17) is 16.3 Å². The van der Waals surface area contributed by atoms with Crippen LogP contribution in [0.4, 0.5) is 0 Å². The summed E-state index contributed by atoms with van der Waals surface area (Å²) in [6, 6.07) is 10.4. The van der Waals surface area contributed by atoms with Crippen LogP contribution in [-0.2, 0) is 11.2 Å². The van der Waals surface area contributed by atoms with Crippen LogP contribution in [0, 0.1) is 13.8 Å². The molecule has 0 saturated carbocycles. The van der Waals surface area contributed by atoms with E-state index in [1.165, 1.54) is 16.7 Å². The lowest BCUT2D eigenvalue weighted by Gasteiger charge is -2.35. The lowest BCUT2D eigenvalue weighted by Crippen LogP contribution is -2.48. The summed E-state index contributed by atoms with van der Waals surface area (Å²) < 4.78 is 6.05. The molecule has 0 bridgehead atoms. The van der Waals surface area contributed by atoms with Crippen molar-refractivity contribution >= 4 is 17.6 Å². The first-order chi connectivity index (χ1) is 13.1. The first-order valence-corrected chi connectivity index (χ1v) is 9.69. The van der Waals surface area contributed by atoms with Gasteiger partial charge in [-0.1, -0.05) is 41.4 Å². The summed E-state index contributed by atoms with van der Waals surface area (Å²) in [6.45, 7) is 7.39. The highest BCUT2D eigenvalue weighted by atomic mass is 35.5. The fourth-order valence-electron chi connectivity index (χ4n) is 3.42. The minimum Gasteiger partial charge on any atom is -0.370 e. The molecule has 1 aromatic carbocycles. The van der Waals surface area contributed by atoms with E-state index in [0.717, 1.165) is 37.6 Å². The summed E-state index contributed by atoms with van der Waals surface area (Å²) in [7, 11) is 1.83. The zero-order valence-electron chi connectivity index (χ0n) is 16.2. The van der Waals surface area contributed by atoms with Gasteiger partial charge in [-0.3, -0.25) is 4.99 Å². The van der Waals surface area contributed by atoms with E-state index >= 15 is 0 Å². The highest BCUT2D eigenvalue weighted by molar-refractivity contribution is 6.29. The molecule has 5 nitrogen and oxygen atoms in total. The Morgan fingerprint density at radius 2 is 2.19 bits per heavy atom. The molecule has 144 valence electrons. The largest absolute Gasteiger partial charge is 0.370 e. The fourth-order valence-corrected chi connectivity index (χ4v) is 3.53. The second-order valence-electron chi connectivity index (χ2n) is 6.88. The number of morpholine rings is 1. The molecule has 6 heteroatoms. The van der Waals surface area contributed by atoms with Gasteiger partial charge >= 0.3 is 0 Å². The third-order valence-electron chi connectivity index (χ3n) is 4.84. The molecule has 1 atom stereocenters. The number of halogens is 1. The molecule has 1 unspecified atom stereocenters. The average Bonchev–Trinajstić information content (AvgIpc) is 2.67. The molecule has 1 N–H and O–H groups in total. The highest BCUT2D eigenvalue weighted by Gasteiger charge is 2.25. The summed E-state index contributed by atoms with van der Waals surface area (Å²) in [4.78, 5) is 10.9. The zero-order valence-corrected chi connectivity index (χ0v) is 17.0. The van der Waals surface area contributed by atoms with Crippen LogP contribution in [-0.4, -0.2) is 49.1 Å². The molecule has 27 heavy (non-hydrogen) atoms. The number of hydrogen-bond donors (Lipinski definition) is 1. The van der Waals surface area contributed by atoms with Gasteiger partial charge in [0.15, 0.2) is 5.96 Å². The molecular formula is C21H27ClN4O. The van der Waals surface area contributed by atoms with E-state index in [9.17, 15) is 0 Å². The van der Waals surface area contributed by atoms with Crippen molar-refractivity contribution in [3.8, 4) is 0 Å². The summed E-state index contributed by atoms with van der Waals surface area (Å²) in [5.41, 5.74) is 4.96. The number of nitrogens with one attached hydrogen (secondary N) is 1. The van der Waals surface area contributed by atoms with Crippen LogP contribution in [0.25, 0.3) is 0 Å². The number of ether oxygens (including phenoxy) is 1. The molecule has 0 aliphatic carbocycles. The van der Waals surface area contributed by atoms with Gasteiger partial charge in [-0.2, -0.15) is 0 Å². The molecule has 1 fully saturated rings. The number of aryl methyl sites for hydroxylation is 2. The lowest BCUT2D eigenvalue weighted by molar-refractivity contribution is -0.00830. The van der Waals surface area contributed by atoms with Crippen LogP contribution in [0.5, 0.6) is 0 Å². The third kappa shape index (κ3) is 5.21. The van der Waals surface area contributed by atoms with Gasteiger partial charge in [0.2, 0.25) is 0 Å². The van der Waals surface area contributed by atoms with Crippen molar-refractivity contribution in [3.05, 3.63) is 63.9 Å². The van der Waals surface area contributed by atoms with Gasteiger partial charge in [-0.15, -0.1) is 0 Å². The SMILES string of the molecule is CN=C(NCCc1ccc(Cl)nc1)N1CCOC(c2ccc(C)cc2C)C1. The maximum Gasteiger partial charge on any atom is 0.193 e. The maximum atomic E-state index is 6.05. The van der Waals surface area contributed by atoms with Crippen molar-refractivity contribution in [2.45, 2.75) is 26.4 Å². The Bertz CT molecular complexity index is 791. The molecule has 2 aromatic rings. The normalized spacial score (nSPS) is 17.9. The maximum absolute atomic E-state index is 6.05. The number of aromatic nitrogens is 1. The topological polar surface area (TPSA) is 49.8 Å². The van der Waals surface area contributed by atoms with Gasteiger partial charge < -0.3 is 15.0 Å². The Hall–Kier alpha value is -2.11. The van der Waals surface area contributed by atoms with Gasteiger partial charge in [0.25, 0.3) is 0 Å². The molecule has 0 spiro atoms. The Kier molecular flexibility index (Phi) is 6.69. The van der Waals surface area contributed by atoms with Crippen LogP contribution in [0.15, 0.2) is 41.5 Å². The highest BCUT2D eigenvalue weighted by Crippen LogP contribution is 2.25. The van der Waals surface area contributed by atoms with Crippen LogP contribution < -0.4 is 5.32 Å². The van der Waals surface area contributed by atoms with E-state index in [0.29, 0.717) is 11.8 Å². The van der Waals surface area contributed by atoms with Gasteiger partial charge in [0.05, 0.1) is 13.2 Å². The molecule has 2 heterocycles. The molecule has 3 rings (SSSR count). The quantitative estimate of drug-likeness (QED) is 0.496. The van der Waals surface area contributed by atoms with Gasteiger partial charge in [-0.25, -0.2) is 4.98 Å². The van der Waals surface area contributed by atoms with Crippen molar-refractivity contribution < 1.29 is 4.74 Å². The van der Waals surface area contributed by atoms with Crippen LogP contribution in [0.3, 0.4) is 0 Å². The van der Waals surface area contributed by atoms with Gasteiger partial charge in [-0.05, 0) is 43.0 Å². The molecule has 1 aromatic heterocycles. The summed E-state index contributed by atoms with van der Waals surface area (Å²) in [5.74, 6) is 0.912. The van der Waals surface area contributed by atoms with Crippen LogP contribution in [0.2, 0.25) is 5.15 Å². The average molecular weight is 387 g/mol. The van der Waals surface area contributed by atoms with E-state index < -0.39 is 0 Å². The minimum absolute atomic E-state index is 0.0679. The van der Waals surface area contributed by atoms with E-state index in [1.807, 2.05) is 25.4 Å². The van der Waals surface area contributed by atoms with Crippen molar-refractivity contribution in [1.29, 1.82) is 0 Å². The summed E-state index contributed by atoms with van der Waals surface area (Å²) >= 11 is 5.84. The standard InChI is InChI=1S/C21H27ClN4O/c1-15-4-6-18(16(2)12-15)19-14-26(10-11-27-19)21(23-3)24-9-8-17-5-7-20(22)25-13-17/h4-7,12-13,19H,8-11,14H2,1-3H3,(H,23,24). The summed E-state index contributed by atoms with van der Waals surface area (Å²) in [6.07, 6.45) is 2.75. The number of pyridine rings is 1. The fraction of sp³-hybridized carbons (Fsp3) is 0.429. The van der Waals surface area contributed by atoms with Crippen LogP contribution >= 0.6 is 11.6 Å². The van der Waals surface area contributed by atoms with Crippen molar-refractivity contribution in [1.82, 2.24) is 15.2 Å². The monoisotopic (exact) mass is 386 g/mol. The van der Waals surface area contributed by atoms with Gasteiger partial charge in [0.1, 0.15) is 11.3 Å². The van der Waals surface area contributed by atoms with E-state index in [1.54, 1.807) is 0 Å². The number of hydrogen-bond acceptors (Lipinski definition) is 3. The lowest BCUT2D eigenvalue weighted by atomic mass is 10.00. The number of aliphatic imine (C=N–C) groups is 1. The zero-order chi connectivity index (χ0) is 19.2. The second kappa shape index (κ2) is 9.20. The Morgan fingerprint density at radius 1 is 1.33 bits per heavy atom. The molecule has 1 saturated heterocycles. The first-order valence-electron chi connectivity index (χ1n) is 9.31. The van der Waals surface area contributed by atoms with Gasteiger partial charge in [0, 0.05) is 26.3 Å². The summed E-state index contributed by atoms with van der Waals surface area (Å²) in [5, 5.41) is 3.98. The molecule has 0 radical (unpaired) electrons. The molecular weight excluding hydrogens is 360 g/mol. The minimum atomic E-state index is 0.0679. The Balaban J connectivity index is 1.59.